The predicted octanol–water partition coefficient (Wildman–Crippen LogP) is 3.19. The summed E-state index contributed by atoms with van der Waals surface area (Å²) in [5.74, 6) is 0.569. The number of aliphatic hydroxyl groups is 1. The van der Waals surface area contributed by atoms with Crippen LogP contribution in [0.5, 0.6) is 0 Å². The Hall–Kier alpha value is -0.580. The van der Waals surface area contributed by atoms with Crippen molar-refractivity contribution in [3.63, 3.8) is 0 Å². The quantitative estimate of drug-likeness (QED) is 0.898. The Labute approximate surface area is 87.9 Å². The number of thiophene rings is 1. The van der Waals surface area contributed by atoms with Crippen molar-refractivity contribution in [3.05, 3.63) is 45.0 Å². The van der Waals surface area contributed by atoms with Crippen LogP contribution >= 0.6 is 27.3 Å². The molecule has 2 rings (SSSR count). The highest BCUT2D eigenvalue weighted by Gasteiger charge is 2.16. The van der Waals surface area contributed by atoms with Crippen LogP contribution in [-0.4, -0.2) is 5.11 Å². The molecule has 0 aromatic carbocycles. The van der Waals surface area contributed by atoms with Crippen LogP contribution in [0.1, 0.15) is 17.4 Å². The Morgan fingerprint density at radius 2 is 2.31 bits per heavy atom. The van der Waals surface area contributed by atoms with Gasteiger partial charge in [-0.25, -0.2) is 0 Å². The normalized spacial score (nSPS) is 13.1. The van der Waals surface area contributed by atoms with Crippen LogP contribution in [0.4, 0.5) is 0 Å². The average molecular weight is 259 g/mol. The molecule has 2 aromatic heterocycles. The molecule has 0 aliphatic rings. The molecule has 2 nitrogen and oxygen atoms in total. The van der Waals surface area contributed by atoms with Crippen LogP contribution in [0.25, 0.3) is 0 Å². The summed E-state index contributed by atoms with van der Waals surface area (Å²) in [6, 6.07) is 3.52. The molecule has 0 spiro atoms. The van der Waals surface area contributed by atoms with Gasteiger partial charge in [-0.15, -0.1) is 0 Å². The van der Waals surface area contributed by atoms with Crippen LogP contribution in [0.2, 0.25) is 0 Å². The van der Waals surface area contributed by atoms with Gasteiger partial charge in [0.2, 0.25) is 0 Å². The molecule has 0 aliphatic carbocycles. The second-order valence-electron chi connectivity index (χ2n) is 2.59. The summed E-state index contributed by atoms with van der Waals surface area (Å²) >= 11 is 4.90. The summed E-state index contributed by atoms with van der Waals surface area (Å²) in [4.78, 5) is 0. The largest absolute Gasteiger partial charge is 0.466 e. The second kappa shape index (κ2) is 3.65. The molecule has 68 valence electrons. The molecule has 13 heavy (non-hydrogen) atoms. The number of furan rings is 1. The lowest BCUT2D eigenvalue weighted by molar-refractivity contribution is 0.189. The summed E-state index contributed by atoms with van der Waals surface area (Å²) in [7, 11) is 0. The number of halogens is 1. The van der Waals surface area contributed by atoms with Crippen molar-refractivity contribution in [2.75, 3.05) is 0 Å². The van der Waals surface area contributed by atoms with E-state index in [1.54, 1.807) is 29.7 Å². The van der Waals surface area contributed by atoms with Gasteiger partial charge in [-0.1, -0.05) is 0 Å². The number of hydrogen-bond acceptors (Lipinski definition) is 3. The van der Waals surface area contributed by atoms with Gasteiger partial charge < -0.3 is 9.52 Å². The van der Waals surface area contributed by atoms with Gasteiger partial charge in [-0.2, -0.15) is 11.3 Å². The molecular formula is C9H7BrO2S. The molecule has 0 amide bonds. The van der Waals surface area contributed by atoms with Crippen molar-refractivity contribution in [1.29, 1.82) is 0 Å². The minimum atomic E-state index is -0.671. The van der Waals surface area contributed by atoms with E-state index in [1.807, 2.05) is 10.8 Å². The maximum atomic E-state index is 9.83. The van der Waals surface area contributed by atoms with Gasteiger partial charge in [-0.05, 0) is 33.4 Å². The molecule has 1 atom stereocenters. The smallest absolute Gasteiger partial charge is 0.138 e. The molecule has 2 heterocycles. The first-order valence-electron chi connectivity index (χ1n) is 3.72. The van der Waals surface area contributed by atoms with Gasteiger partial charge in [0.15, 0.2) is 0 Å². The van der Waals surface area contributed by atoms with Crippen molar-refractivity contribution >= 4 is 27.3 Å². The lowest BCUT2D eigenvalue weighted by Gasteiger charge is -2.05. The Morgan fingerprint density at radius 3 is 2.85 bits per heavy atom. The third-order valence-corrected chi connectivity index (χ3v) is 3.50. The number of aliphatic hydroxyl groups excluding tert-OH is 1. The standard InChI is InChI=1S/C9H7BrO2S/c10-7-5-13-4-6(7)9(11)8-2-1-3-12-8/h1-5,9,11H. The van der Waals surface area contributed by atoms with E-state index in [-0.39, 0.29) is 0 Å². The minimum Gasteiger partial charge on any atom is -0.466 e. The van der Waals surface area contributed by atoms with E-state index in [4.69, 9.17) is 4.42 Å². The molecule has 0 aliphatic heterocycles. The SMILES string of the molecule is OC(c1ccco1)c1cscc1Br. The van der Waals surface area contributed by atoms with E-state index in [2.05, 4.69) is 15.9 Å². The Bertz CT molecular complexity index is 380. The lowest BCUT2D eigenvalue weighted by Crippen LogP contribution is -1.96. The number of rotatable bonds is 2. The van der Waals surface area contributed by atoms with Crippen LogP contribution in [0, 0.1) is 0 Å². The molecule has 1 unspecified atom stereocenters. The van der Waals surface area contributed by atoms with Crippen molar-refractivity contribution in [2.24, 2.45) is 0 Å². The maximum Gasteiger partial charge on any atom is 0.138 e. The molecule has 1 N–H and O–H groups in total. The van der Waals surface area contributed by atoms with Crippen LogP contribution in [0.3, 0.4) is 0 Å². The molecular weight excluding hydrogens is 252 g/mol. The average Bonchev–Trinajstić information content (AvgIpc) is 2.72. The molecule has 0 fully saturated rings. The Balaban J connectivity index is 2.33. The van der Waals surface area contributed by atoms with Crippen LogP contribution in [0.15, 0.2) is 38.0 Å². The first-order chi connectivity index (χ1) is 6.29. The van der Waals surface area contributed by atoms with Gasteiger partial charge >= 0.3 is 0 Å². The fraction of sp³-hybridized carbons (Fsp3) is 0.111. The third kappa shape index (κ3) is 1.70. The van der Waals surface area contributed by atoms with E-state index in [1.165, 1.54) is 0 Å². The fourth-order valence-corrected chi connectivity index (χ4v) is 2.62. The van der Waals surface area contributed by atoms with Crippen molar-refractivity contribution in [3.8, 4) is 0 Å². The van der Waals surface area contributed by atoms with E-state index >= 15 is 0 Å². The summed E-state index contributed by atoms with van der Waals surface area (Å²) in [5.41, 5.74) is 0.847. The van der Waals surface area contributed by atoms with Gasteiger partial charge in [0.05, 0.1) is 6.26 Å². The second-order valence-corrected chi connectivity index (χ2v) is 4.19. The zero-order chi connectivity index (χ0) is 9.26. The van der Waals surface area contributed by atoms with Crippen molar-refractivity contribution in [2.45, 2.75) is 6.10 Å². The minimum absolute atomic E-state index is 0.569. The van der Waals surface area contributed by atoms with Crippen LogP contribution in [-0.2, 0) is 0 Å². The summed E-state index contributed by atoms with van der Waals surface area (Å²) < 4.78 is 6.03. The van der Waals surface area contributed by atoms with Gasteiger partial charge in [0.25, 0.3) is 0 Å². The summed E-state index contributed by atoms with van der Waals surface area (Å²) in [5, 5.41) is 13.7. The molecule has 0 saturated heterocycles. The van der Waals surface area contributed by atoms with Crippen molar-refractivity contribution < 1.29 is 9.52 Å². The highest BCUT2D eigenvalue weighted by molar-refractivity contribution is 9.10. The molecule has 0 saturated carbocycles. The monoisotopic (exact) mass is 258 g/mol. The zero-order valence-electron chi connectivity index (χ0n) is 6.61. The maximum absolute atomic E-state index is 9.83. The summed E-state index contributed by atoms with van der Waals surface area (Å²) in [6.45, 7) is 0. The van der Waals surface area contributed by atoms with E-state index in [0.29, 0.717) is 5.76 Å². The highest BCUT2D eigenvalue weighted by Crippen LogP contribution is 2.31. The van der Waals surface area contributed by atoms with Crippen LogP contribution < -0.4 is 0 Å². The molecule has 0 bridgehead atoms. The zero-order valence-corrected chi connectivity index (χ0v) is 9.01. The van der Waals surface area contributed by atoms with Gasteiger partial charge in [0.1, 0.15) is 11.9 Å². The Morgan fingerprint density at radius 1 is 1.46 bits per heavy atom. The molecule has 0 radical (unpaired) electrons. The highest BCUT2D eigenvalue weighted by atomic mass is 79.9. The predicted molar refractivity (Wildman–Crippen MR) is 54.8 cm³/mol. The summed E-state index contributed by atoms with van der Waals surface area (Å²) in [6.07, 6.45) is 0.884. The van der Waals surface area contributed by atoms with Gasteiger partial charge in [-0.3, -0.25) is 0 Å². The van der Waals surface area contributed by atoms with Gasteiger partial charge in [0, 0.05) is 15.4 Å². The lowest BCUT2D eigenvalue weighted by atomic mass is 10.1. The van der Waals surface area contributed by atoms with Crippen molar-refractivity contribution in [1.82, 2.24) is 0 Å². The molecule has 2 aromatic rings. The van der Waals surface area contributed by atoms with E-state index < -0.39 is 6.10 Å². The fourth-order valence-electron chi connectivity index (χ4n) is 1.09. The topological polar surface area (TPSA) is 33.4 Å². The first-order valence-corrected chi connectivity index (χ1v) is 5.45. The number of hydrogen-bond donors (Lipinski definition) is 1. The third-order valence-electron chi connectivity index (χ3n) is 1.75. The van der Waals surface area contributed by atoms with E-state index in [9.17, 15) is 5.11 Å². The van der Waals surface area contributed by atoms with E-state index in [0.717, 1.165) is 10.0 Å². The Kier molecular flexibility index (Phi) is 2.53. The molecule has 4 heteroatoms. The first kappa shape index (κ1) is 8.99.